The Bertz CT molecular complexity index is 993. The summed E-state index contributed by atoms with van der Waals surface area (Å²) in [5.74, 6) is 2.97. The van der Waals surface area contributed by atoms with Crippen LogP contribution >= 0.6 is 0 Å². The van der Waals surface area contributed by atoms with Crippen molar-refractivity contribution in [1.29, 1.82) is 0 Å². The number of rotatable bonds is 3. The van der Waals surface area contributed by atoms with Crippen LogP contribution in [0.5, 0.6) is 5.75 Å². The fraction of sp³-hybridized carbons (Fsp3) is 0.679. The van der Waals surface area contributed by atoms with E-state index in [1.165, 1.54) is 17.6 Å². The summed E-state index contributed by atoms with van der Waals surface area (Å²) in [5.41, 5.74) is 4.04. The van der Waals surface area contributed by atoms with Crippen molar-refractivity contribution in [2.75, 3.05) is 13.7 Å². The highest BCUT2D eigenvalue weighted by molar-refractivity contribution is 5.92. The number of ether oxygens (including phenoxy) is 3. The first-order valence-electron chi connectivity index (χ1n) is 12.4. The van der Waals surface area contributed by atoms with E-state index >= 15 is 0 Å². The maximum absolute atomic E-state index is 13.6. The Balaban J connectivity index is 1.32. The fourth-order valence-corrected chi connectivity index (χ4v) is 8.73. The number of ketones is 1. The summed E-state index contributed by atoms with van der Waals surface area (Å²) in [5, 5.41) is 0. The normalized spacial score (nSPS) is 44.6. The molecule has 7 atom stereocenters. The molecule has 32 heavy (non-hydrogen) atoms. The van der Waals surface area contributed by atoms with Gasteiger partial charge in [0, 0.05) is 17.4 Å². The lowest BCUT2D eigenvalue weighted by Gasteiger charge is -2.61. The molecule has 1 spiro atoms. The lowest BCUT2D eigenvalue weighted by Crippen LogP contribution is -2.59. The van der Waals surface area contributed by atoms with Crippen molar-refractivity contribution in [3.63, 3.8) is 0 Å². The van der Waals surface area contributed by atoms with E-state index in [0.717, 1.165) is 37.0 Å². The number of fused-ring (bicyclic) bond motifs is 3. The SMILES string of the molecule is COc1ccc([C@@H]2OCC3=C4C[C@]56C(=O)C[C@H](C(C)C)[C@@]5(C)C[C@@H]6[C@]4(C)CC[C@@H]3O2)cc1. The standard InChI is InChI=1S/C28H36O4/c1-16(2)20-12-24(29)28-13-21-19-15-31-25(17-6-8-18(30-5)9-7-17)32-22(19)10-11-26(21,3)23(28)14-27(20,28)4/h6-9,16,20,22-23,25H,10-15H2,1-5H3/t20-,22+,23-,25-,26-,27-,28+/m1/s1. The van der Waals surface area contributed by atoms with Crippen LogP contribution in [0.4, 0.5) is 0 Å². The lowest BCUT2D eigenvalue weighted by molar-refractivity contribution is -0.200. The fourth-order valence-electron chi connectivity index (χ4n) is 8.73. The Hall–Kier alpha value is -1.65. The molecule has 0 bridgehead atoms. The average Bonchev–Trinajstić information content (AvgIpc) is 3.10. The van der Waals surface area contributed by atoms with Gasteiger partial charge in [-0.2, -0.15) is 0 Å². The summed E-state index contributed by atoms with van der Waals surface area (Å²) in [6.07, 6.45) is 4.84. The van der Waals surface area contributed by atoms with Gasteiger partial charge < -0.3 is 14.2 Å². The Morgan fingerprint density at radius 3 is 2.59 bits per heavy atom. The molecular formula is C28H36O4. The van der Waals surface area contributed by atoms with Crippen LogP contribution in [0.1, 0.15) is 71.7 Å². The number of Topliss-reactive ketones (excluding diaryl/α,β-unsaturated/α-hetero) is 1. The molecule has 4 nitrogen and oxygen atoms in total. The van der Waals surface area contributed by atoms with Crippen LogP contribution in [0.3, 0.4) is 0 Å². The quantitative estimate of drug-likeness (QED) is 0.556. The summed E-state index contributed by atoms with van der Waals surface area (Å²) in [6, 6.07) is 7.97. The van der Waals surface area contributed by atoms with E-state index in [-0.39, 0.29) is 28.6 Å². The molecule has 0 unspecified atom stereocenters. The Labute approximate surface area is 191 Å². The molecule has 0 radical (unpaired) electrons. The van der Waals surface area contributed by atoms with Crippen LogP contribution in [0.15, 0.2) is 35.4 Å². The van der Waals surface area contributed by atoms with Crippen molar-refractivity contribution < 1.29 is 19.0 Å². The van der Waals surface area contributed by atoms with Crippen molar-refractivity contribution in [2.24, 2.45) is 34.0 Å². The zero-order chi connectivity index (χ0) is 22.5. The highest BCUT2D eigenvalue weighted by atomic mass is 16.7. The molecule has 3 saturated carbocycles. The van der Waals surface area contributed by atoms with E-state index in [9.17, 15) is 4.79 Å². The third-order valence-corrected chi connectivity index (χ3v) is 10.5. The van der Waals surface area contributed by atoms with Gasteiger partial charge in [0.05, 0.1) is 19.8 Å². The van der Waals surface area contributed by atoms with E-state index < -0.39 is 0 Å². The van der Waals surface area contributed by atoms with Gasteiger partial charge in [-0.05, 0) is 72.0 Å². The number of hydrogen-bond donors (Lipinski definition) is 0. The van der Waals surface area contributed by atoms with Crippen LogP contribution in [0.25, 0.3) is 0 Å². The summed E-state index contributed by atoms with van der Waals surface area (Å²) < 4.78 is 18.1. The summed E-state index contributed by atoms with van der Waals surface area (Å²) in [6.45, 7) is 10.1. The van der Waals surface area contributed by atoms with Crippen LogP contribution in [0.2, 0.25) is 0 Å². The molecule has 4 aliphatic carbocycles. The van der Waals surface area contributed by atoms with Crippen molar-refractivity contribution in [2.45, 2.75) is 72.2 Å². The van der Waals surface area contributed by atoms with Gasteiger partial charge >= 0.3 is 0 Å². The third-order valence-electron chi connectivity index (χ3n) is 10.5. The molecule has 6 rings (SSSR count). The first-order chi connectivity index (χ1) is 15.2. The van der Waals surface area contributed by atoms with Crippen molar-refractivity contribution >= 4 is 5.78 Å². The first-order valence-corrected chi connectivity index (χ1v) is 12.4. The third kappa shape index (κ3) is 2.38. The molecule has 0 N–H and O–H groups in total. The molecule has 4 fully saturated rings. The smallest absolute Gasteiger partial charge is 0.184 e. The number of carbonyl (C=O) groups excluding carboxylic acids is 1. The maximum Gasteiger partial charge on any atom is 0.184 e. The van der Waals surface area contributed by atoms with Gasteiger partial charge in [0.1, 0.15) is 11.5 Å². The van der Waals surface area contributed by atoms with Gasteiger partial charge in [-0.25, -0.2) is 0 Å². The molecule has 0 aromatic heterocycles. The number of carbonyl (C=O) groups is 1. The highest BCUT2D eigenvalue weighted by Crippen LogP contribution is 2.82. The van der Waals surface area contributed by atoms with Gasteiger partial charge in [-0.1, -0.05) is 45.4 Å². The maximum atomic E-state index is 13.6. The molecule has 4 heteroatoms. The topological polar surface area (TPSA) is 44.8 Å². The van der Waals surface area contributed by atoms with Crippen LogP contribution in [0, 0.1) is 34.0 Å². The minimum atomic E-state index is -0.334. The molecule has 1 aromatic rings. The minimum Gasteiger partial charge on any atom is -0.497 e. The predicted molar refractivity (Wildman–Crippen MR) is 122 cm³/mol. The molecule has 1 aromatic carbocycles. The molecule has 5 aliphatic rings. The zero-order valence-corrected chi connectivity index (χ0v) is 20.1. The second-order valence-electron chi connectivity index (χ2n) is 11.8. The van der Waals surface area contributed by atoms with Crippen molar-refractivity contribution in [3.05, 3.63) is 41.0 Å². The first kappa shape index (κ1) is 20.9. The van der Waals surface area contributed by atoms with E-state index in [0.29, 0.717) is 30.1 Å². The Morgan fingerprint density at radius 1 is 1.16 bits per heavy atom. The summed E-state index contributed by atoms with van der Waals surface area (Å²) in [7, 11) is 1.68. The van der Waals surface area contributed by atoms with E-state index in [1.54, 1.807) is 7.11 Å². The molecule has 0 amide bonds. The van der Waals surface area contributed by atoms with Gasteiger partial charge in [0.2, 0.25) is 0 Å². The molecule has 1 heterocycles. The van der Waals surface area contributed by atoms with Gasteiger partial charge in [-0.3, -0.25) is 4.79 Å². The number of hydrogen-bond acceptors (Lipinski definition) is 4. The molecule has 1 aliphatic heterocycles. The van der Waals surface area contributed by atoms with Crippen LogP contribution in [-0.2, 0) is 14.3 Å². The highest BCUT2D eigenvalue weighted by Gasteiger charge is 2.79. The Kier molecular flexibility index (Phi) is 4.38. The van der Waals surface area contributed by atoms with Gasteiger partial charge in [-0.15, -0.1) is 0 Å². The Morgan fingerprint density at radius 2 is 1.91 bits per heavy atom. The van der Waals surface area contributed by atoms with Crippen LogP contribution < -0.4 is 4.74 Å². The second kappa shape index (κ2) is 6.70. The van der Waals surface area contributed by atoms with Crippen LogP contribution in [-0.4, -0.2) is 25.6 Å². The molecule has 1 saturated heterocycles. The van der Waals surface area contributed by atoms with E-state index in [1.807, 2.05) is 24.3 Å². The van der Waals surface area contributed by atoms with E-state index in [4.69, 9.17) is 14.2 Å². The number of benzene rings is 1. The average molecular weight is 437 g/mol. The molecular weight excluding hydrogens is 400 g/mol. The predicted octanol–water partition coefficient (Wildman–Crippen LogP) is 5.87. The monoisotopic (exact) mass is 436 g/mol. The van der Waals surface area contributed by atoms with Crippen molar-refractivity contribution in [3.8, 4) is 5.75 Å². The molecule has 172 valence electrons. The zero-order valence-electron chi connectivity index (χ0n) is 20.1. The second-order valence-corrected chi connectivity index (χ2v) is 11.8. The lowest BCUT2D eigenvalue weighted by atomic mass is 9.41. The summed E-state index contributed by atoms with van der Waals surface area (Å²) >= 11 is 0. The number of allylic oxidation sites excluding steroid dienone is 1. The summed E-state index contributed by atoms with van der Waals surface area (Å²) in [4.78, 5) is 13.6. The van der Waals surface area contributed by atoms with Crippen molar-refractivity contribution in [1.82, 2.24) is 0 Å². The van der Waals surface area contributed by atoms with Gasteiger partial charge in [0.15, 0.2) is 6.29 Å². The van der Waals surface area contributed by atoms with Gasteiger partial charge in [0.25, 0.3) is 0 Å². The largest absolute Gasteiger partial charge is 0.497 e. The van der Waals surface area contributed by atoms with E-state index in [2.05, 4.69) is 27.7 Å². The minimum absolute atomic E-state index is 0.108. The number of methoxy groups -OCH3 is 1.